The highest BCUT2D eigenvalue weighted by molar-refractivity contribution is 5.94. The number of anilines is 1. The average Bonchev–Trinajstić information content (AvgIpc) is 3.47. The van der Waals surface area contributed by atoms with Crippen molar-refractivity contribution in [3.05, 3.63) is 63.7 Å². The number of rotatable bonds is 3. The van der Waals surface area contributed by atoms with E-state index in [4.69, 9.17) is 5.73 Å². The van der Waals surface area contributed by atoms with Crippen LogP contribution in [-0.4, -0.2) is 34.3 Å². The Bertz CT molecular complexity index is 1230. The normalized spacial score (nSPS) is 25.2. The zero-order valence-electron chi connectivity index (χ0n) is 15.7. The summed E-state index contributed by atoms with van der Waals surface area (Å²) in [6, 6.07) is -0.272. The Morgan fingerprint density at radius 2 is 1.90 bits per heavy atom. The molecule has 2 atom stereocenters. The summed E-state index contributed by atoms with van der Waals surface area (Å²) >= 11 is 0. The maximum absolute atomic E-state index is 15.7. The summed E-state index contributed by atoms with van der Waals surface area (Å²) in [5.74, 6) is -5.93. The molecule has 0 radical (unpaired) electrons. The van der Waals surface area contributed by atoms with Crippen LogP contribution in [0.3, 0.4) is 0 Å². The number of aromatic nitrogens is 1. The van der Waals surface area contributed by atoms with Gasteiger partial charge in [-0.3, -0.25) is 4.79 Å². The van der Waals surface area contributed by atoms with E-state index in [1.807, 2.05) is 6.08 Å². The lowest BCUT2D eigenvalue weighted by Gasteiger charge is -2.27. The summed E-state index contributed by atoms with van der Waals surface area (Å²) in [4.78, 5) is 25.4. The van der Waals surface area contributed by atoms with Crippen LogP contribution in [-0.2, 0) is 0 Å². The van der Waals surface area contributed by atoms with Crippen LogP contribution in [0.5, 0.6) is 0 Å². The molecule has 2 heterocycles. The van der Waals surface area contributed by atoms with Gasteiger partial charge in [-0.05, 0) is 12.8 Å². The summed E-state index contributed by atoms with van der Waals surface area (Å²) in [5, 5.41) is 8.42. The van der Waals surface area contributed by atoms with Gasteiger partial charge in [0.15, 0.2) is 17.5 Å². The fraction of sp³-hybridized carbons (Fsp3) is 0.333. The minimum absolute atomic E-state index is 0.0676. The molecule has 3 N–H and O–H groups in total. The van der Waals surface area contributed by atoms with Crippen molar-refractivity contribution in [2.24, 2.45) is 11.7 Å². The van der Waals surface area contributed by atoms with Gasteiger partial charge in [-0.15, -0.1) is 0 Å². The molecule has 0 bridgehead atoms. The maximum atomic E-state index is 15.7. The van der Waals surface area contributed by atoms with Crippen molar-refractivity contribution in [3.63, 3.8) is 0 Å². The molecule has 0 amide bonds. The summed E-state index contributed by atoms with van der Waals surface area (Å²) in [5.41, 5.74) is 2.57. The minimum Gasteiger partial charge on any atom is -0.477 e. The van der Waals surface area contributed by atoms with Crippen LogP contribution in [0.4, 0.5) is 18.9 Å². The second kappa shape index (κ2) is 6.21. The lowest BCUT2D eigenvalue weighted by atomic mass is 9.85. The zero-order chi connectivity index (χ0) is 21.4. The van der Waals surface area contributed by atoms with Crippen LogP contribution in [0, 0.1) is 23.4 Å². The van der Waals surface area contributed by atoms with Crippen molar-refractivity contribution in [1.82, 2.24) is 4.57 Å². The van der Waals surface area contributed by atoms with Crippen molar-refractivity contribution in [1.29, 1.82) is 0 Å². The molecule has 30 heavy (non-hydrogen) atoms. The fourth-order valence-corrected chi connectivity index (χ4v) is 4.49. The summed E-state index contributed by atoms with van der Waals surface area (Å²) in [6.07, 6.45) is 9.42. The first-order valence-electron chi connectivity index (χ1n) is 9.61. The van der Waals surface area contributed by atoms with Crippen LogP contribution in [0.2, 0.25) is 0 Å². The summed E-state index contributed by atoms with van der Waals surface area (Å²) < 4.78 is 47.1. The van der Waals surface area contributed by atoms with Gasteiger partial charge in [0.2, 0.25) is 5.43 Å². The van der Waals surface area contributed by atoms with Gasteiger partial charge in [0.05, 0.1) is 16.4 Å². The highest BCUT2D eigenvalue weighted by atomic mass is 19.2. The largest absolute Gasteiger partial charge is 0.477 e. The molecule has 3 aliphatic rings. The number of nitrogens with zero attached hydrogens (tertiary/aromatic N) is 2. The van der Waals surface area contributed by atoms with Crippen molar-refractivity contribution >= 4 is 22.6 Å². The van der Waals surface area contributed by atoms with Crippen LogP contribution in [0.15, 0.2) is 35.3 Å². The first-order chi connectivity index (χ1) is 14.2. The van der Waals surface area contributed by atoms with Crippen molar-refractivity contribution in [3.8, 4) is 0 Å². The quantitative estimate of drug-likeness (QED) is 0.750. The Morgan fingerprint density at radius 1 is 1.17 bits per heavy atom. The van der Waals surface area contributed by atoms with Crippen LogP contribution in [0.1, 0.15) is 29.2 Å². The number of hydrogen-bond donors (Lipinski definition) is 2. The number of benzene rings is 1. The molecule has 1 saturated heterocycles. The number of allylic oxidation sites excluding steroid dienone is 2. The van der Waals surface area contributed by atoms with Gasteiger partial charge in [-0.1, -0.05) is 24.3 Å². The van der Waals surface area contributed by atoms with E-state index in [0.717, 1.165) is 6.20 Å². The van der Waals surface area contributed by atoms with Crippen LogP contribution in [0.25, 0.3) is 10.9 Å². The number of nitrogens with two attached hydrogens (primary N) is 1. The number of halogens is 3. The number of aromatic carboxylic acids is 1. The lowest BCUT2D eigenvalue weighted by molar-refractivity contribution is 0.0694. The standard InChI is InChI=1S/C21H18F3N3O3/c22-14-13-17(27(11-4-5-11)8-12(19(13)28)20(29)30)16(24)18(15(14)23)26-7-10-3-1-2-6-21(10,25)9-26/h1-3,6,8,10-11H,4-5,7,9,25H2,(H,29,30). The molecule has 0 spiro atoms. The van der Waals surface area contributed by atoms with E-state index in [-0.39, 0.29) is 25.0 Å². The van der Waals surface area contributed by atoms with Crippen molar-refractivity contribution in [2.75, 3.05) is 18.0 Å². The van der Waals surface area contributed by atoms with Crippen molar-refractivity contribution in [2.45, 2.75) is 24.4 Å². The third-order valence-electron chi connectivity index (χ3n) is 6.19. The predicted octanol–water partition coefficient (Wildman–Crippen LogP) is 2.71. The molecule has 2 aromatic rings. The first-order valence-corrected chi connectivity index (χ1v) is 9.61. The molecule has 2 unspecified atom stereocenters. The Hall–Kier alpha value is -3.07. The molecule has 1 aliphatic heterocycles. The van der Waals surface area contributed by atoms with E-state index < -0.39 is 56.5 Å². The van der Waals surface area contributed by atoms with Gasteiger partial charge in [-0.2, -0.15) is 0 Å². The Labute approximate surface area is 168 Å². The van der Waals surface area contributed by atoms with Crippen molar-refractivity contribution < 1.29 is 23.1 Å². The first kappa shape index (κ1) is 18.9. The molecule has 5 rings (SSSR count). The van der Waals surface area contributed by atoms with Gasteiger partial charge in [0.25, 0.3) is 0 Å². The molecular weight excluding hydrogens is 399 g/mol. The number of carboxylic acids is 1. The fourth-order valence-electron chi connectivity index (χ4n) is 4.49. The predicted molar refractivity (Wildman–Crippen MR) is 104 cm³/mol. The average molecular weight is 417 g/mol. The van der Waals surface area contributed by atoms with Gasteiger partial charge in [-0.25, -0.2) is 18.0 Å². The molecule has 9 heteroatoms. The number of fused-ring (bicyclic) bond motifs is 2. The molecule has 1 saturated carbocycles. The number of carboxylic acid groups (broad SMARTS) is 1. The van der Waals surface area contributed by atoms with Gasteiger partial charge >= 0.3 is 5.97 Å². The van der Waals surface area contributed by atoms with E-state index in [2.05, 4.69) is 0 Å². The van der Waals surface area contributed by atoms with Gasteiger partial charge in [0, 0.05) is 31.2 Å². The molecule has 156 valence electrons. The third-order valence-corrected chi connectivity index (χ3v) is 6.19. The highest BCUT2D eigenvalue weighted by Crippen LogP contribution is 2.42. The SMILES string of the molecule is NC12C=CC=CC1CN(c1c(F)c(F)c3c(=O)c(C(=O)O)cn(C4CC4)c3c1F)C2. The Balaban J connectivity index is 1.78. The molecular formula is C21H18F3N3O3. The maximum Gasteiger partial charge on any atom is 0.341 e. The second-order valence-corrected chi connectivity index (χ2v) is 8.17. The van der Waals surface area contributed by atoms with Gasteiger partial charge < -0.3 is 20.3 Å². The molecule has 1 aromatic heterocycles. The number of carbonyl (C=O) groups is 1. The summed E-state index contributed by atoms with van der Waals surface area (Å²) in [7, 11) is 0. The molecule has 2 aliphatic carbocycles. The van der Waals surface area contributed by atoms with Gasteiger partial charge in [0.1, 0.15) is 11.3 Å². The van der Waals surface area contributed by atoms with E-state index in [1.54, 1.807) is 18.2 Å². The van der Waals surface area contributed by atoms with E-state index in [9.17, 15) is 14.7 Å². The molecule has 6 nitrogen and oxygen atoms in total. The third kappa shape index (κ3) is 2.54. The van der Waals surface area contributed by atoms with Crippen LogP contribution < -0.4 is 16.1 Å². The smallest absolute Gasteiger partial charge is 0.341 e. The highest BCUT2D eigenvalue weighted by Gasteiger charge is 2.44. The van der Waals surface area contributed by atoms with Crippen LogP contribution >= 0.6 is 0 Å². The molecule has 1 aromatic carbocycles. The number of pyridine rings is 1. The monoisotopic (exact) mass is 417 g/mol. The minimum atomic E-state index is -1.58. The topological polar surface area (TPSA) is 88.6 Å². The Morgan fingerprint density at radius 3 is 2.53 bits per heavy atom. The summed E-state index contributed by atoms with van der Waals surface area (Å²) in [6.45, 7) is 0.245. The number of hydrogen-bond acceptors (Lipinski definition) is 4. The zero-order valence-corrected chi connectivity index (χ0v) is 15.7. The second-order valence-electron chi connectivity index (χ2n) is 8.17. The van der Waals surface area contributed by atoms with E-state index in [1.165, 1.54) is 9.47 Å². The van der Waals surface area contributed by atoms with E-state index in [0.29, 0.717) is 12.8 Å². The van der Waals surface area contributed by atoms with E-state index >= 15 is 13.2 Å². The Kier molecular flexibility index (Phi) is 3.92. The molecule has 2 fully saturated rings. The lowest BCUT2D eigenvalue weighted by Crippen LogP contribution is -2.46.